The summed E-state index contributed by atoms with van der Waals surface area (Å²) in [5.74, 6) is 0. The van der Waals surface area contributed by atoms with E-state index in [4.69, 9.17) is 9.31 Å². The van der Waals surface area contributed by atoms with Gasteiger partial charge >= 0.3 is 7.69 Å². The molecule has 1 saturated heterocycles. The van der Waals surface area contributed by atoms with Crippen LogP contribution >= 0.6 is 0 Å². The van der Waals surface area contributed by atoms with E-state index in [0.717, 1.165) is 13.1 Å². The van der Waals surface area contributed by atoms with Crippen molar-refractivity contribution >= 4 is 7.69 Å². The molecule has 0 N–H and O–H groups in total. The summed E-state index contributed by atoms with van der Waals surface area (Å²) in [6.07, 6.45) is 13.8. The van der Waals surface area contributed by atoms with Crippen LogP contribution in [0.25, 0.3) is 0 Å². The summed E-state index contributed by atoms with van der Waals surface area (Å²) < 4.78 is 11.1. The zero-order chi connectivity index (χ0) is 21.7. The minimum atomic E-state index is 0.188. The van der Waals surface area contributed by atoms with E-state index in [1.165, 1.54) is 83.0 Å². The fraction of sp³-hybridized carbons (Fsp3) is 0.769. The monoisotopic (exact) mass is 414 g/mol. The van der Waals surface area contributed by atoms with Crippen LogP contribution in [0.2, 0.25) is 0 Å². The molecule has 3 nitrogen and oxygen atoms in total. The van der Waals surface area contributed by atoms with Crippen LogP contribution in [0, 0.1) is 0 Å². The molecule has 30 heavy (non-hydrogen) atoms. The van der Waals surface area contributed by atoms with Crippen molar-refractivity contribution < 1.29 is 9.31 Å². The molecule has 1 atom stereocenters. The van der Waals surface area contributed by atoms with Crippen LogP contribution in [-0.4, -0.2) is 38.9 Å². The van der Waals surface area contributed by atoms with Crippen LogP contribution in [0.1, 0.15) is 109 Å². The third kappa shape index (κ3) is 9.53. The maximum absolute atomic E-state index is 5.68. The third-order valence-corrected chi connectivity index (χ3v) is 6.29. The molecule has 0 aliphatic carbocycles. The SMILES string of the molecule is CCCCCCCCCCCCN1CCO[B]OCC1c1ccc(C(C)(C)C)cc1. The zero-order valence-electron chi connectivity index (χ0n) is 20.1. The second-order valence-corrected chi connectivity index (χ2v) is 9.91. The highest BCUT2D eigenvalue weighted by Crippen LogP contribution is 2.27. The normalized spacial score (nSPS) is 18.6. The van der Waals surface area contributed by atoms with Gasteiger partial charge in [0.05, 0.1) is 12.6 Å². The Labute approximate surface area is 187 Å². The molecule has 0 bridgehead atoms. The lowest BCUT2D eigenvalue weighted by Gasteiger charge is -2.34. The number of benzene rings is 1. The average Bonchev–Trinajstić information content (AvgIpc) is 2.70. The Morgan fingerprint density at radius 3 is 2.07 bits per heavy atom. The lowest BCUT2D eigenvalue weighted by molar-refractivity contribution is 0.0738. The van der Waals surface area contributed by atoms with Crippen molar-refractivity contribution in [3.05, 3.63) is 35.4 Å². The lowest BCUT2D eigenvalue weighted by Crippen LogP contribution is -2.38. The van der Waals surface area contributed by atoms with Crippen molar-refractivity contribution in [2.45, 2.75) is 103 Å². The van der Waals surface area contributed by atoms with Gasteiger partial charge in [0.1, 0.15) is 0 Å². The quantitative estimate of drug-likeness (QED) is 0.276. The van der Waals surface area contributed by atoms with Gasteiger partial charge in [-0.2, -0.15) is 0 Å². The Hall–Kier alpha value is -0.835. The minimum Gasteiger partial charge on any atom is -0.412 e. The van der Waals surface area contributed by atoms with E-state index < -0.39 is 0 Å². The molecule has 1 aliphatic heterocycles. The highest BCUT2D eigenvalue weighted by atomic mass is 16.6. The van der Waals surface area contributed by atoms with Gasteiger partial charge in [-0.1, -0.05) is 110 Å². The fourth-order valence-corrected chi connectivity index (χ4v) is 4.24. The molecule has 1 radical (unpaired) electrons. The summed E-state index contributed by atoms with van der Waals surface area (Å²) in [5, 5.41) is 0. The van der Waals surface area contributed by atoms with Crippen molar-refractivity contribution in [2.75, 3.05) is 26.3 Å². The molecule has 169 valence electrons. The van der Waals surface area contributed by atoms with Gasteiger partial charge in [-0.15, -0.1) is 0 Å². The number of nitrogens with zero attached hydrogens (tertiary/aromatic N) is 1. The molecular formula is C26H45BNO2. The van der Waals surface area contributed by atoms with E-state index in [1.54, 1.807) is 0 Å². The molecule has 0 saturated carbocycles. The Balaban J connectivity index is 1.78. The van der Waals surface area contributed by atoms with Gasteiger partial charge in [-0.3, -0.25) is 4.90 Å². The molecule has 0 aromatic heterocycles. The molecule has 0 spiro atoms. The standard InChI is InChI=1S/C26H45BNO2/c1-5-6-7-8-9-10-11-12-13-14-19-28-20-21-29-27-30-22-25(28)23-15-17-24(18-16-23)26(2,3)4/h15-18,25H,5-14,19-22H2,1-4H3. The van der Waals surface area contributed by atoms with E-state index in [-0.39, 0.29) is 5.41 Å². The van der Waals surface area contributed by atoms with Crippen LogP contribution in [-0.2, 0) is 14.7 Å². The number of hydrogen-bond donors (Lipinski definition) is 0. The van der Waals surface area contributed by atoms with Crippen LogP contribution < -0.4 is 0 Å². The number of unbranched alkanes of at least 4 members (excludes halogenated alkanes) is 9. The number of rotatable bonds is 12. The van der Waals surface area contributed by atoms with E-state index >= 15 is 0 Å². The summed E-state index contributed by atoms with van der Waals surface area (Å²) in [7, 11) is 1.52. The lowest BCUT2D eigenvalue weighted by atomic mass is 9.86. The summed E-state index contributed by atoms with van der Waals surface area (Å²) >= 11 is 0. The largest absolute Gasteiger partial charge is 0.488 e. The third-order valence-electron chi connectivity index (χ3n) is 6.29. The van der Waals surface area contributed by atoms with E-state index in [9.17, 15) is 0 Å². The summed E-state index contributed by atoms with van der Waals surface area (Å²) in [6.45, 7) is 12.5. The molecule has 2 rings (SSSR count). The van der Waals surface area contributed by atoms with Gasteiger partial charge in [0.15, 0.2) is 0 Å². The van der Waals surface area contributed by atoms with Gasteiger partial charge in [0, 0.05) is 13.2 Å². The first kappa shape index (κ1) is 25.4. The first-order valence-electron chi connectivity index (χ1n) is 12.4. The van der Waals surface area contributed by atoms with Gasteiger partial charge < -0.3 is 9.31 Å². The molecule has 0 amide bonds. The first-order chi connectivity index (χ1) is 14.5. The molecule has 1 aliphatic rings. The van der Waals surface area contributed by atoms with Gasteiger partial charge in [-0.25, -0.2) is 0 Å². The summed E-state index contributed by atoms with van der Waals surface area (Å²) in [4.78, 5) is 2.56. The predicted molar refractivity (Wildman–Crippen MR) is 129 cm³/mol. The van der Waals surface area contributed by atoms with E-state index in [2.05, 4.69) is 56.9 Å². The van der Waals surface area contributed by atoms with Crippen molar-refractivity contribution in [3.63, 3.8) is 0 Å². The van der Waals surface area contributed by atoms with Crippen molar-refractivity contribution in [1.29, 1.82) is 0 Å². The van der Waals surface area contributed by atoms with Crippen molar-refractivity contribution in [2.24, 2.45) is 0 Å². The van der Waals surface area contributed by atoms with Crippen LogP contribution in [0.3, 0.4) is 0 Å². The maximum Gasteiger partial charge on any atom is 0.488 e. The topological polar surface area (TPSA) is 21.7 Å². The fourth-order valence-electron chi connectivity index (χ4n) is 4.24. The Bertz CT molecular complexity index is 555. The minimum absolute atomic E-state index is 0.188. The molecule has 1 heterocycles. The molecule has 1 aromatic carbocycles. The molecule has 1 fully saturated rings. The van der Waals surface area contributed by atoms with Gasteiger partial charge in [0.2, 0.25) is 0 Å². The molecule has 1 unspecified atom stereocenters. The molecule has 1 aromatic rings. The van der Waals surface area contributed by atoms with E-state index in [1.807, 2.05) is 0 Å². The second kappa shape index (κ2) is 14.3. The Morgan fingerprint density at radius 1 is 0.867 bits per heavy atom. The first-order valence-corrected chi connectivity index (χ1v) is 12.4. The molecular weight excluding hydrogens is 369 g/mol. The maximum atomic E-state index is 5.68. The highest BCUT2D eigenvalue weighted by Gasteiger charge is 2.23. The second-order valence-electron chi connectivity index (χ2n) is 9.91. The smallest absolute Gasteiger partial charge is 0.412 e. The Kier molecular flexibility index (Phi) is 12.1. The highest BCUT2D eigenvalue weighted by molar-refractivity contribution is 6.17. The molecule has 4 heteroatoms. The average molecular weight is 414 g/mol. The van der Waals surface area contributed by atoms with Crippen LogP contribution in [0.15, 0.2) is 24.3 Å². The van der Waals surface area contributed by atoms with Gasteiger partial charge in [-0.05, 0) is 29.5 Å². The van der Waals surface area contributed by atoms with Crippen molar-refractivity contribution in [1.82, 2.24) is 4.90 Å². The van der Waals surface area contributed by atoms with Crippen LogP contribution in [0.5, 0.6) is 0 Å². The van der Waals surface area contributed by atoms with Crippen molar-refractivity contribution in [3.8, 4) is 0 Å². The Morgan fingerprint density at radius 2 is 1.47 bits per heavy atom. The summed E-state index contributed by atoms with van der Waals surface area (Å²) in [5.41, 5.74) is 2.92. The predicted octanol–water partition coefficient (Wildman–Crippen LogP) is 6.83. The summed E-state index contributed by atoms with van der Waals surface area (Å²) in [6, 6.07) is 9.46. The van der Waals surface area contributed by atoms with Crippen LogP contribution in [0.4, 0.5) is 0 Å². The zero-order valence-corrected chi connectivity index (χ0v) is 20.1. The number of hydrogen-bond acceptors (Lipinski definition) is 3. The van der Waals surface area contributed by atoms with E-state index in [0.29, 0.717) is 19.3 Å². The van der Waals surface area contributed by atoms with Gasteiger partial charge in [0.25, 0.3) is 0 Å².